The molecule has 1 aliphatic rings. The van der Waals surface area contributed by atoms with Gasteiger partial charge in [-0.25, -0.2) is 0 Å². The molecule has 2 rings (SSSR count). The predicted octanol–water partition coefficient (Wildman–Crippen LogP) is 1.86. The Kier molecular flexibility index (Phi) is 1.93. The summed E-state index contributed by atoms with van der Waals surface area (Å²) in [4.78, 5) is 0. The van der Waals surface area contributed by atoms with Gasteiger partial charge in [0.1, 0.15) is 11.4 Å². The van der Waals surface area contributed by atoms with E-state index in [4.69, 9.17) is 10.5 Å². The second-order valence-corrected chi connectivity index (χ2v) is 4.38. The summed E-state index contributed by atoms with van der Waals surface area (Å²) in [5.41, 5.74) is 6.80. The number of nitrogens with two attached hydrogens (primary N) is 1. The summed E-state index contributed by atoms with van der Waals surface area (Å²) < 4.78 is 5.73. The first kappa shape index (κ1) is 9.34. The van der Waals surface area contributed by atoms with E-state index in [1.165, 1.54) is 0 Å². The molecule has 0 bridgehead atoms. The lowest BCUT2D eigenvalue weighted by Gasteiger charge is -2.35. The molecular formula is C11H15NO2. The van der Waals surface area contributed by atoms with Crippen LogP contribution in [0.15, 0.2) is 18.2 Å². The number of ether oxygens (including phenoxy) is 1. The first-order valence-electron chi connectivity index (χ1n) is 4.74. The van der Waals surface area contributed by atoms with Crippen LogP contribution in [0.25, 0.3) is 0 Å². The number of aliphatic hydroxyl groups excluding tert-OH is 1. The van der Waals surface area contributed by atoms with Crippen molar-refractivity contribution in [3.63, 3.8) is 0 Å². The van der Waals surface area contributed by atoms with Gasteiger partial charge in [0.05, 0.1) is 6.10 Å². The molecule has 3 N–H and O–H groups in total. The lowest BCUT2D eigenvalue weighted by atomic mass is 9.91. The highest BCUT2D eigenvalue weighted by Crippen LogP contribution is 2.39. The van der Waals surface area contributed by atoms with Crippen LogP contribution in [0.1, 0.15) is 31.9 Å². The molecule has 0 amide bonds. The Morgan fingerprint density at radius 1 is 1.50 bits per heavy atom. The highest BCUT2D eigenvalue weighted by Gasteiger charge is 2.32. The summed E-state index contributed by atoms with van der Waals surface area (Å²) in [5, 5.41) is 9.89. The summed E-state index contributed by atoms with van der Waals surface area (Å²) in [7, 11) is 0. The van der Waals surface area contributed by atoms with E-state index < -0.39 is 6.10 Å². The predicted molar refractivity (Wildman–Crippen MR) is 55.1 cm³/mol. The fourth-order valence-corrected chi connectivity index (χ4v) is 1.84. The Balaban J connectivity index is 2.45. The van der Waals surface area contributed by atoms with Crippen molar-refractivity contribution in [1.82, 2.24) is 0 Å². The van der Waals surface area contributed by atoms with E-state index in [0.29, 0.717) is 12.1 Å². The molecule has 3 heteroatoms. The maximum Gasteiger partial charge on any atom is 0.126 e. The Bertz CT molecular complexity index is 360. The number of rotatable bonds is 0. The second-order valence-electron chi connectivity index (χ2n) is 4.38. The van der Waals surface area contributed by atoms with Crippen molar-refractivity contribution in [2.75, 3.05) is 5.73 Å². The van der Waals surface area contributed by atoms with E-state index in [-0.39, 0.29) is 5.60 Å². The first-order chi connectivity index (χ1) is 6.48. The van der Waals surface area contributed by atoms with Crippen molar-refractivity contribution in [3.8, 4) is 5.75 Å². The molecule has 1 aliphatic heterocycles. The van der Waals surface area contributed by atoms with Crippen molar-refractivity contribution in [1.29, 1.82) is 0 Å². The van der Waals surface area contributed by atoms with Crippen LogP contribution in [0.5, 0.6) is 5.75 Å². The molecule has 1 atom stereocenters. The van der Waals surface area contributed by atoms with Gasteiger partial charge < -0.3 is 15.6 Å². The first-order valence-corrected chi connectivity index (χ1v) is 4.74. The molecule has 76 valence electrons. The number of benzene rings is 1. The van der Waals surface area contributed by atoms with Gasteiger partial charge in [-0.05, 0) is 32.0 Å². The van der Waals surface area contributed by atoms with Gasteiger partial charge in [0.15, 0.2) is 0 Å². The molecule has 0 unspecified atom stereocenters. The Morgan fingerprint density at radius 2 is 2.21 bits per heavy atom. The molecule has 1 aromatic rings. The maximum atomic E-state index is 9.89. The molecule has 0 saturated heterocycles. The van der Waals surface area contributed by atoms with Gasteiger partial charge in [0.2, 0.25) is 0 Å². The summed E-state index contributed by atoms with van der Waals surface area (Å²) >= 11 is 0. The molecule has 0 spiro atoms. The van der Waals surface area contributed by atoms with Gasteiger partial charge in [-0.2, -0.15) is 0 Å². The number of hydrogen-bond acceptors (Lipinski definition) is 3. The van der Waals surface area contributed by atoms with Crippen LogP contribution in [0.4, 0.5) is 5.69 Å². The molecule has 14 heavy (non-hydrogen) atoms. The highest BCUT2D eigenvalue weighted by molar-refractivity contribution is 5.49. The van der Waals surface area contributed by atoms with E-state index in [1.54, 1.807) is 12.1 Å². The number of hydrogen-bond donors (Lipinski definition) is 2. The van der Waals surface area contributed by atoms with Crippen LogP contribution in [-0.2, 0) is 0 Å². The zero-order valence-electron chi connectivity index (χ0n) is 8.45. The fourth-order valence-electron chi connectivity index (χ4n) is 1.84. The smallest absolute Gasteiger partial charge is 0.126 e. The van der Waals surface area contributed by atoms with Crippen molar-refractivity contribution >= 4 is 5.69 Å². The number of aliphatic hydroxyl groups is 1. The van der Waals surface area contributed by atoms with E-state index in [2.05, 4.69) is 0 Å². The summed E-state index contributed by atoms with van der Waals surface area (Å²) in [6.45, 7) is 3.94. The molecule has 1 heterocycles. The van der Waals surface area contributed by atoms with Gasteiger partial charge >= 0.3 is 0 Å². The SMILES string of the molecule is CC1(C)C[C@@H](O)c2cc(N)ccc2O1. The third-order valence-corrected chi connectivity index (χ3v) is 2.46. The molecular weight excluding hydrogens is 178 g/mol. The largest absolute Gasteiger partial charge is 0.487 e. The van der Waals surface area contributed by atoms with Crippen LogP contribution in [-0.4, -0.2) is 10.7 Å². The van der Waals surface area contributed by atoms with Gasteiger partial charge in [0, 0.05) is 17.7 Å². The van der Waals surface area contributed by atoms with Gasteiger partial charge in [-0.1, -0.05) is 0 Å². The quantitative estimate of drug-likeness (QED) is 0.618. The van der Waals surface area contributed by atoms with Crippen LogP contribution < -0.4 is 10.5 Å². The monoisotopic (exact) mass is 193 g/mol. The third kappa shape index (κ3) is 1.55. The van der Waals surface area contributed by atoms with Gasteiger partial charge in [-0.15, -0.1) is 0 Å². The molecule has 0 aliphatic carbocycles. The van der Waals surface area contributed by atoms with Crippen LogP contribution in [0.3, 0.4) is 0 Å². The van der Waals surface area contributed by atoms with E-state index in [0.717, 1.165) is 11.3 Å². The van der Waals surface area contributed by atoms with E-state index in [9.17, 15) is 5.11 Å². The average Bonchev–Trinajstić information content (AvgIpc) is 2.05. The van der Waals surface area contributed by atoms with Crippen LogP contribution in [0, 0.1) is 0 Å². The topological polar surface area (TPSA) is 55.5 Å². The lowest BCUT2D eigenvalue weighted by Crippen LogP contribution is -2.34. The molecule has 0 radical (unpaired) electrons. The molecule has 0 fully saturated rings. The minimum absolute atomic E-state index is 0.303. The molecule has 0 aromatic heterocycles. The minimum Gasteiger partial charge on any atom is -0.487 e. The molecule has 3 nitrogen and oxygen atoms in total. The zero-order valence-corrected chi connectivity index (χ0v) is 8.45. The average molecular weight is 193 g/mol. The van der Waals surface area contributed by atoms with Crippen molar-refractivity contribution in [3.05, 3.63) is 23.8 Å². The third-order valence-electron chi connectivity index (χ3n) is 2.46. The Morgan fingerprint density at radius 3 is 2.93 bits per heavy atom. The standard InChI is InChI=1S/C11H15NO2/c1-11(2)6-9(13)8-5-7(12)3-4-10(8)14-11/h3-5,9,13H,6,12H2,1-2H3/t9-/m1/s1. The highest BCUT2D eigenvalue weighted by atomic mass is 16.5. The molecule has 1 aromatic carbocycles. The van der Waals surface area contributed by atoms with Gasteiger partial charge in [-0.3, -0.25) is 0 Å². The lowest BCUT2D eigenvalue weighted by molar-refractivity contribution is 0.0116. The Labute approximate surface area is 83.5 Å². The minimum atomic E-state index is -0.475. The van der Waals surface area contributed by atoms with Crippen molar-refractivity contribution in [2.24, 2.45) is 0 Å². The van der Waals surface area contributed by atoms with Crippen LogP contribution in [0.2, 0.25) is 0 Å². The number of nitrogen functional groups attached to an aromatic ring is 1. The number of anilines is 1. The van der Waals surface area contributed by atoms with Crippen LogP contribution >= 0.6 is 0 Å². The Hall–Kier alpha value is -1.22. The van der Waals surface area contributed by atoms with Crippen molar-refractivity contribution < 1.29 is 9.84 Å². The van der Waals surface area contributed by atoms with E-state index >= 15 is 0 Å². The van der Waals surface area contributed by atoms with Crippen molar-refractivity contribution in [2.45, 2.75) is 32.0 Å². The second kappa shape index (κ2) is 2.89. The summed E-state index contributed by atoms with van der Waals surface area (Å²) in [6, 6.07) is 5.37. The zero-order chi connectivity index (χ0) is 10.3. The summed E-state index contributed by atoms with van der Waals surface area (Å²) in [5.74, 6) is 0.739. The normalized spacial score (nSPS) is 23.8. The van der Waals surface area contributed by atoms with Gasteiger partial charge in [0.25, 0.3) is 0 Å². The summed E-state index contributed by atoms with van der Waals surface area (Å²) in [6.07, 6.45) is 0.126. The molecule has 0 saturated carbocycles. The number of fused-ring (bicyclic) bond motifs is 1. The maximum absolute atomic E-state index is 9.89. The fraction of sp³-hybridized carbons (Fsp3) is 0.455. The van der Waals surface area contributed by atoms with E-state index in [1.807, 2.05) is 19.9 Å².